The number of thiazole rings is 2. The highest BCUT2D eigenvalue weighted by Crippen LogP contribution is 2.30. The van der Waals surface area contributed by atoms with Crippen molar-refractivity contribution in [3.8, 4) is 10.9 Å². The zero-order valence-corrected chi connectivity index (χ0v) is 17.2. The van der Waals surface area contributed by atoms with E-state index in [1.54, 1.807) is 11.8 Å². The van der Waals surface area contributed by atoms with Gasteiger partial charge in [-0.1, -0.05) is 23.5 Å². The Hall–Kier alpha value is -3.30. The van der Waals surface area contributed by atoms with Crippen LogP contribution in [0.1, 0.15) is 15.5 Å². The molecule has 1 N–H and O–H groups in total. The van der Waals surface area contributed by atoms with E-state index in [1.807, 2.05) is 55.5 Å². The smallest absolute Gasteiger partial charge is 0.285 e. The summed E-state index contributed by atoms with van der Waals surface area (Å²) in [5, 5.41) is 8.51. The van der Waals surface area contributed by atoms with Crippen LogP contribution in [0, 0.1) is 6.92 Å². The molecule has 7 nitrogen and oxygen atoms in total. The maximum absolute atomic E-state index is 12.8. The van der Waals surface area contributed by atoms with Gasteiger partial charge < -0.3 is 10.1 Å². The minimum atomic E-state index is -0.268. The van der Waals surface area contributed by atoms with Crippen LogP contribution in [0.25, 0.3) is 25.6 Å². The number of nitrogens with zero attached hydrogens (tertiary/aromatic N) is 4. The van der Waals surface area contributed by atoms with Gasteiger partial charge in [0.1, 0.15) is 11.6 Å². The number of amides is 1. The molecule has 3 aromatic heterocycles. The number of hydrogen-bond acceptors (Lipinski definition) is 7. The van der Waals surface area contributed by atoms with Crippen molar-refractivity contribution in [3.05, 3.63) is 59.2 Å². The quantitative estimate of drug-likeness (QED) is 0.456. The normalized spacial score (nSPS) is 11.2. The van der Waals surface area contributed by atoms with Gasteiger partial charge in [-0.25, -0.2) is 9.97 Å². The summed E-state index contributed by atoms with van der Waals surface area (Å²) >= 11 is 2.84. The van der Waals surface area contributed by atoms with Crippen LogP contribution in [0.3, 0.4) is 0 Å². The molecule has 2 aromatic carbocycles. The van der Waals surface area contributed by atoms with Crippen LogP contribution >= 0.6 is 22.7 Å². The lowest BCUT2D eigenvalue weighted by Crippen LogP contribution is -2.14. The lowest BCUT2D eigenvalue weighted by atomic mass is 10.3. The number of methoxy groups -OCH3 is 1. The third kappa shape index (κ3) is 3.24. The second-order valence-corrected chi connectivity index (χ2v) is 8.39. The van der Waals surface area contributed by atoms with Gasteiger partial charge in [0, 0.05) is 6.07 Å². The van der Waals surface area contributed by atoms with Crippen LogP contribution in [0.4, 0.5) is 5.82 Å². The summed E-state index contributed by atoms with van der Waals surface area (Å²) in [5.41, 5.74) is 2.44. The molecule has 0 fully saturated rings. The lowest BCUT2D eigenvalue weighted by molar-refractivity contribution is 0.102. The van der Waals surface area contributed by atoms with Crippen LogP contribution in [-0.2, 0) is 0 Å². The molecular formula is C20H15N5O2S2. The van der Waals surface area contributed by atoms with Gasteiger partial charge in [0.15, 0.2) is 5.01 Å². The summed E-state index contributed by atoms with van der Waals surface area (Å²) in [6, 6.07) is 15.2. The first-order valence-corrected chi connectivity index (χ1v) is 10.4. The molecule has 0 atom stereocenters. The molecule has 0 saturated heterocycles. The second kappa shape index (κ2) is 6.94. The largest absolute Gasteiger partial charge is 0.497 e. The SMILES string of the molecule is COc1ccc2nc(-n3nc(C)cc3NC(=O)c3nc4ccccc4s3)sc2c1. The molecule has 3 heterocycles. The molecule has 0 aliphatic carbocycles. The summed E-state index contributed by atoms with van der Waals surface area (Å²) in [6.07, 6.45) is 0. The fourth-order valence-electron chi connectivity index (χ4n) is 2.98. The third-order valence-electron chi connectivity index (χ3n) is 4.33. The highest BCUT2D eigenvalue weighted by atomic mass is 32.1. The second-order valence-electron chi connectivity index (χ2n) is 6.35. The van der Waals surface area contributed by atoms with Gasteiger partial charge in [-0.15, -0.1) is 11.3 Å². The van der Waals surface area contributed by atoms with Crippen molar-refractivity contribution in [3.63, 3.8) is 0 Å². The van der Waals surface area contributed by atoms with Gasteiger partial charge in [-0.05, 0) is 37.3 Å². The molecule has 0 radical (unpaired) electrons. The van der Waals surface area contributed by atoms with E-state index in [0.717, 1.165) is 31.9 Å². The van der Waals surface area contributed by atoms with Gasteiger partial charge in [0.25, 0.3) is 5.91 Å². The Kier molecular flexibility index (Phi) is 4.26. The van der Waals surface area contributed by atoms with Crippen molar-refractivity contribution in [2.45, 2.75) is 6.92 Å². The van der Waals surface area contributed by atoms with E-state index in [2.05, 4.69) is 20.4 Å². The fraction of sp³-hybridized carbons (Fsp3) is 0.100. The van der Waals surface area contributed by atoms with Crippen LogP contribution in [-0.4, -0.2) is 32.8 Å². The van der Waals surface area contributed by atoms with Crippen molar-refractivity contribution in [1.82, 2.24) is 19.7 Å². The van der Waals surface area contributed by atoms with Crippen LogP contribution in [0.15, 0.2) is 48.5 Å². The number of anilines is 1. The molecule has 144 valence electrons. The first-order chi connectivity index (χ1) is 14.1. The number of carbonyl (C=O) groups excluding carboxylic acids is 1. The number of para-hydroxylation sites is 1. The molecule has 0 bridgehead atoms. The average molecular weight is 422 g/mol. The zero-order valence-electron chi connectivity index (χ0n) is 15.5. The molecule has 1 amide bonds. The number of carbonyl (C=O) groups is 1. The van der Waals surface area contributed by atoms with Crippen molar-refractivity contribution >= 4 is 54.8 Å². The van der Waals surface area contributed by atoms with E-state index in [-0.39, 0.29) is 5.91 Å². The molecule has 0 aliphatic heterocycles. The minimum absolute atomic E-state index is 0.268. The zero-order chi connectivity index (χ0) is 20.0. The molecule has 5 aromatic rings. The van der Waals surface area contributed by atoms with E-state index in [4.69, 9.17) is 4.74 Å². The van der Waals surface area contributed by atoms with Gasteiger partial charge in [0.05, 0.1) is 33.2 Å². The van der Waals surface area contributed by atoms with Gasteiger partial charge in [0.2, 0.25) is 5.13 Å². The standard InChI is InChI=1S/C20H15N5O2S2/c1-11-9-17(23-18(26)19-21-13-5-3-4-6-15(13)28-19)25(24-11)20-22-14-8-7-12(27-2)10-16(14)29-20/h3-10H,1-2H3,(H,23,26). The predicted octanol–water partition coefficient (Wildman–Crippen LogP) is 4.66. The highest BCUT2D eigenvalue weighted by Gasteiger charge is 2.18. The number of fused-ring (bicyclic) bond motifs is 2. The summed E-state index contributed by atoms with van der Waals surface area (Å²) in [4.78, 5) is 21.9. The maximum atomic E-state index is 12.8. The van der Waals surface area contributed by atoms with E-state index in [0.29, 0.717) is 16.0 Å². The molecule has 5 rings (SSSR count). The fourth-order valence-corrected chi connectivity index (χ4v) is 4.80. The van der Waals surface area contributed by atoms with Gasteiger partial charge >= 0.3 is 0 Å². The monoisotopic (exact) mass is 421 g/mol. The van der Waals surface area contributed by atoms with Gasteiger partial charge in [-0.2, -0.15) is 9.78 Å². The molecule has 0 saturated carbocycles. The first kappa shape index (κ1) is 17.8. The predicted molar refractivity (Wildman–Crippen MR) is 116 cm³/mol. The maximum Gasteiger partial charge on any atom is 0.285 e. The first-order valence-electron chi connectivity index (χ1n) is 8.79. The number of rotatable bonds is 4. The third-order valence-corrected chi connectivity index (χ3v) is 6.36. The highest BCUT2D eigenvalue weighted by molar-refractivity contribution is 7.21. The molecule has 29 heavy (non-hydrogen) atoms. The molecule has 9 heteroatoms. The van der Waals surface area contributed by atoms with E-state index in [1.165, 1.54) is 22.7 Å². The Morgan fingerprint density at radius 2 is 1.86 bits per heavy atom. The Morgan fingerprint density at radius 1 is 1.03 bits per heavy atom. The van der Waals surface area contributed by atoms with E-state index < -0.39 is 0 Å². The Balaban J connectivity index is 1.50. The van der Waals surface area contributed by atoms with E-state index >= 15 is 0 Å². The number of nitrogens with one attached hydrogen (secondary N) is 1. The van der Waals surface area contributed by atoms with Crippen LogP contribution in [0.2, 0.25) is 0 Å². The van der Waals surface area contributed by atoms with Crippen LogP contribution < -0.4 is 10.1 Å². The Bertz CT molecular complexity index is 1330. The molecule has 0 spiro atoms. The summed E-state index contributed by atoms with van der Waals surface area (Å²) in [7, 11) is 1.63. The molecule has 0 aliphatic rings. The number of aryl methyl sites for hydroxylation is 1. The van der Waals surface area contributed by atoms with Gasteiger partial charge in [-0.3, -0.25) is 4.79 Å². The Labute approximate surface area is 173 Å². The van der Waals surface area contributed by atoms with Crippen molar-refractivity contribution in [1.29, 1.82) is 0 Å². The topological polar surface area (TPSA) is 81.9 Å². The summed E-state index contributed by atoms with van der Waals surface area (Å²) < 4.78 is 8.89. The number of ether oxygens (including phenoxy) is 1. The van der Waals surface area contributed by atoms with Crippen molar-refractivity contribution < 1.29 is 9.53 Å². The number of benzene rings is 2. The van der Waals surface area contributed by atoms with E-state index in [9.17, 15) is 4.79 Å². The summed E-state index contributed by atoms with van der Waals surface area (Å²) in [5.74, 6) is 1.06. The Morgan fingerprint density at radius 3 is 2.69 bits per heavy atom. The minimum Gasteiger partial charge on any atom is -0.497 e. The molecule has 0 unspecified atom stereocenters. The lowest BCUT2D eigenvalue weighted by Gasteiger charge is -2.04. The molecular weight excluding hydrogens is 406 g/mol. The van der Waals surface area contributed by atoms with Crippen molar-refractivity contribution in [2.75, 3.05) is 12.4 Å². The van der Waals surface area contributed by atoms with Crippen molar-refractivity contribution in [2.24, 2.45) is 0 Å². The number of hydrogen-bond donors (Lipinski definition) is 1. The summed E-state index contributed by atoms with van der Waals surface area (Å²) in [6.45, 7) is 1.88. The van der Waals surface area contributed by atoms with Crippen LogP contribution in [0.5, 0.6) is 5.75 Å². The number of aromatic nitrogens is 4. The average Bonchev–Trinajstić information content (AvgIpc) is 3.42.